The van der Waals surface area contributed by atoms with Gasteiger partial charge in [0.2, 0.25) is 5.82 Å². The van der Waals surface area contributed by atoms with Gasteiger partial charge in [0.1, 0.15) is 10.7 Å². The Balaban J connectivity index is 1.35. The van der Waals surface area contributed by atoms with Crippen LogP contribution in [0.3, 0.4) is 0 Å². The van der Waals surface area contributed by atoms with Gasteiger partial charge in [0.25, 0.3) is 0 Å². The lowest BCUT2D eigenvalue weighted by atomic mass is 9.61. The van der Waals surface area contributed by atoms with Crippen LogP contribution in [-0.4, -0.2) is 54.1 Å². The Morgan fingerprint density at radius 1 is 1.06 bits per heavy atom. The van der Waals surface area contributed by atoms with E-state index in [2.05, 4.69) is 30.2 Å². The Hall–Kier alpha value is -3.01. The first-order valence-corrected chi connectivity index (χ1v) is 13.2. The number of carbonyl (C=O) groups is 1. The van der Waals surface area contributed by atoms with Gasteiger partial charge in [-0.05, 0) is 63.2 Å². The van der Waals surface area contributed by atoms with E-state index in [-0.39, 0.29) is 46.8 Å². The van der Waals surface area contributed by atoms with Crippen molar-refractivity contribution in [2.24, 2.45) is 17.8 Å². The van der Waals surface area contributed by atoms with E-state index in [0.717, 1.165) is 51.4 Å². The largest absolute Gasteiger partial charge is 0.481 e. The van der Waals surface area contributed by atoms with Gasteiger partial charge in [-0.1, -0.05) is 11.6 Å². The van der Waals surface area contributed by atoms with Crippen LogP contribution in [0.15, 0.2) is 12.4 Å². The minimum Gasteiger partial charge on any atom is -0.481 e. The summed E-state index contributed by atoms with van der Waals surface area (Å²) >= 11 is 6.12. The third-order valence-corrected chi connectivity index (χ3v) is 8.54. The van der Waals surface area contributed by atoms with E-state index >= 15 is 4.39 Å². The highest BCUT2D eigenvalue weighted by molar-refractivity contribution is 6.29. The number of fused-ring (bicyclic) bond motifs is 4. The number of carboxylic acids is 1. The van der Waals surface area contributed by atoms with Crippen LogP contribution in [0, 0.1) is 23.6 Å². The van der Waals surface area contributed by atoms with Gasteiger partial charge in [0, 0.05) is 24.3 Å². The normalized spacial score (nSPS) is 27.4. The molecule has 5 aliphatic rings. The van der Waals surface area contributed by atoms with Gasteiger partial charge in [0.15, 0.2) is 23.1 Å². The summed E-state index contributed by atoms with van der Waals surface area (Å²) in [5, 5.41) is 13.5. The van der Waals surface area contributed by atoms with E-state index in [9.17, 15) is 9.90 Å². The van der Waals surface area contributed by atoms with Gasteiger partial charge in [0.05, 0.1) is 17.7 Å². The van der Waals surface area contributed by atoms with Crippen LogP contribution in [-0.2, 0) is 4.79 Å². The zero-order valence-corrected chi connectivity index (χ0v) is 20.4. The Bertz CT molecular complexity index is 1340. The van der Waals surface area contributed by atoms with Gasteiger partial charge in [-0.2, -0.15) is 4.39 Å². The maximum atomic E-state index is 16.2. The number of rotatable bonds is 7. The van der Waals surface area contributed by atoms with E-state index in [1.165, 1.54) is 6.20 Å². The van der Waals surface area contributed by atoms with Crippen molar-refractivity contribution in [3.05, 3.63) is 23.4 Å². The van der Waals surface area contributed by atoms with Gasteiger partial charge in [-0.25, -0.2) is 19.9 Å². The topological polar surface area (TPSA) is 120 Å². The van der Waals surface area contributed by atoms with Crippen molar-refractivity contribution in [1.82, 2.24) is 24.9 Å². The van der Waals surface area contributed by atoms with Gasteiger partial charge in [-0.15, -0.1) is 0 Å². The summed E-state index contributed by atoms with van der Waals surface area (Å²) < 4.78 is 16.2. The van der Waals surface area contributed by atoms with Crippen molar-refractivity contribution < 1.29 is 14.3 Å². The summed E-state index contributed by atoms with van der Waals surface area (Å²) in [5.41, 5.74) is 1.63. The van der Waals surface area contributed by atoms with Crippen molar-refractivity contribution in [1.29, 1.82) is 0 Å². The van der Waals surface area contributed by atoms with E-state index in [1.54, 1.807) is 6.20 Å². The fourth-order valence-corrected chi connectivity index (χ4v) is 6.52. The molecular formula is C25H27ClFN7O2. The molecule has 2 atom stereocenters. The molecule has 0 saturated heterocycles. The van der Waals surface area contributed by atoms with Crippen LogP contribution in [0.25, 0.3) is 22.6 Å². The Labute approximate surface area is 211 Å². The van der Waals surface area contributed by atoms with Gasteiger partial charge < -0.3 is 20.3 Å². The average Bonchev–Trinajstić information content (AvgIpc) is 3.81. The molecule has 0 aromatic carbocycles. The molecule has 0 aliphatic heterocycles. The molecule has 5 aliphatic carbocycles. The molecule has 3 aromatic rings. The zero-order chi connectivity index (χ0) is 24.6. The summed E-state index contributed by atoms with van der Waals surface area (Å²) in [5.74, 6) is -0.940. The van der Waals surface area contributed by atoms with E-state index in [4.69, 9.17) is 16.6 Å². The molecule has 9 nitrogen and oxygen atoms in total. The number of anilines is 2. The van der Waals surface area contributed by atoms with E-state index in [1.807, 2.05) is 0 Å². The molecule has 5 saturated carbocycles. The Kier molecular flexibility index (Phi) is 5.09. The molecule has 3 aromatic heterocycles. The highest BCUT2D eigenvalue weighted by atomic mass is 35.5. The van der Waals surface area contributed by atoms with E-state index < -0.39 is 17.7 Å². The van der Waals surface area contributed by atoms with Crippen LogP contribution in [0.4, 0.5) is 16.0 Å². The first-order valence-electron chi connectivity index (χ1n) is 12.8. The average molecular weight is 512 g/mol. The second kappa shape index (κ2) is 8.26. The maximum Gasteiger partial charge on any atom is 0.308 e. The summed E-state index contributed by atoms with van der Waals surface area (Å²) in [6.07, 6.45) is 10.9. The molecule has 8 rings (SSSR count). The van der Waals surface area contributed by atoms with Crippen molar-refractivity contribution in [2.45, 2.75) is 69.5 Å². The number of aromatic amines is 1. The molecule has 0 unspecified atom stereocenters. The van der Waals surface area contributed by atoms with Crippen LogP contribution in [0.2, 0.25) is 5.15 Å². The fraction of sp³-hybridized carbons (Fsp3) is 0.560. The monoisotopic (exact) mass is 511 g/mol. The van der Waals surface area contributed by atoms with Crippen molar-refractivity contribution >= 4 is 40.4 Å². The van der Waals surface area contributed by atoms with Crippen molar-refractivity contribution in [3.8, 4) is 11.4 Å². The van der Waals surface area contributed by atoms with Crippen LogP contribution < -0.4 is 10.2 Å². The zero-order valence-electron chi connectivity index (χ0n) is 19.6. The molecule has 36 heavy (non-hydrogen) atoms. The molecular weight excluding hydrogens is 485 g/mol. The van der Waals surface area contributed by atoms with Crippen LogP contribution in [0.1, 0.15) is 51.4 Å². The summed E-state index contributed by atoms with van der Waals surface area (Å²) in [6, 6.07) is 0.183. The summed E-state index contributed by atoms with van der Waals surface area (Å²) in [6.45, 7) is 0. The lowest BCUT2D eigenvalue weighted by molar-refractivity contribution is -0.148. The fourth-order valence-electron chi connectivity index (χ4n) is 6.38. The number of hydrogen-bond acceptors (Lipinski definition) is 7. The van der Waals surface area contributed by atoms with Gasteiger partial charge >= 0.3 is 5.97 Å². The van der Waals surface area contributed by atoms with Gasteiger partial charge in [-0.3, -0.25) is 4.79 Å². The number of halogens is 2. The number of aromatic nitrogens is 5. The molecule has 3 N–H and O–H groups in total. The van der Waals surface area contributed by atoms with E-state index in [0.29, 0.717) is 22.6 Å². The SMILES string of the molecule is O=C(O)[C@H]1C2CCC(CC2)[C@@H]1Nc1nc(-c2c[nH]c3ncc(Cl)nc23)nc(N(C2CC2)C2CC2)c1F. The number of H-pyrrole nitrogens is 1. The van der Waals surface area contributed by atoms with Crippen LogP contribution >= 0.6 is 11.6 Å². The molecule has 0 amide bonds. The number of nitrogens with zero attached hydrogens (tertiary/aromatic N) is 5. The Morgan fingerprint density at radius 2 is 1.75 bits per heavy atom. The second-order valence-electron chi connectivity index (χ2n) is 10.7. The summed E-state index contributed by atoms with van der Waals surface area (Å²) in [7, 11) is 0. The predicted molar refractivity (Wildman–Crippen MR) is 132 cm³/mol. The minimum atomic E-state index is -0.823. The predicted octanol–water partition coefficient (Wildman–Crippen LogP) is 4.64. The number of nitrogens with one attached hydrogen (secondary N) is 2. The first-order chi connectivity index (χ1) is 17.5. The molecule has 5 fully saturated rings. The molecule has 3 heterocycles. The highest BCUT2D eigenvalue weighted by Gasteiger charge is 2.48. The Morgan fingerprint density at radius 3 is 2.42 bits per heavy atom. The molecule has 11 heteroatoms. The smallest absolute Gasteiger partial charge is 0.308 e. The number of carboxylic acid groups (broad SMARTS) is 1. The van der Waals surface area contributed by atoms with Crippen molar-refractivity contribution in [2.75, 3.05) is 10.2 Å². The second-order valence-corrected chi connectivity index (χ2v) is 11.1. The number of aliphatic carboxylic acids is 1. The lowest BCUT2D eigenvalue weighted by Gasteiger charge is -2.47. The van der Waals surface area contributed by atoms with Crippen LogP contribution in [0.5, 0.6) is 0 Å². The molecule has 0 radical (unpaired) electrons. The maximum absolute atomic E-state index is 16.2. The number of hydrogen-bond donors (Lipinski definition) is 3. The molecule has 0 spiro atoms. The minimum absolute atomic E-state index is 0.0643. The standard InChI is InChI=1S/C25H27ClFN7O2/c26-16-10-29-23-20(30-16)15(9-28-23)21-32-22(18(27)24(33-21)34(13-5-6-13)14-7-8-14)31-19-12-3-1-11(2-4-12)17(19)25(35)36/h9-14,17,19H,1-8H2,(H,28,29)(H,35,36)(H,31,32,33)/t11?,12?,17-,19-/m0/s1. The van der Waals surface area contributed by atoms with Crippen molar-refractivity contribution in [3.63, 3.8) is 0 Å². The lowest BCUT2D eigenvalue weighted by Crippen LogP contribution is -2.51. The quantitative estimate of drug-likeness (QED) is 0.419. The molecule has 188 valence electrons. The first kappa shape index (κ1) is 22.2. The summed E-state index contributed by atoms with van der Waals surface area (Å²) in [4.78, 5) is 35.4. The molecule has 2 bridgehead atoms. The third-order valence-electron chi connectivity index (χ3n) is 8.36. The highest BCUT2D eigenvalue weighted by Crippen LogP contribution is 2.47. The third kappa shape index (κ3) is 3.68.